The van der Waals surface area contributed by atoms with Crippen molar-refractivity contribution in [1.82, 2.24) is 15.2 Å². The number of pyridine rings is 1. The molecule has 9 heteroatoms. The third kappa shape index (κ3) is 4.12. The number of halogens is 2. The van der Waals surface area contributed by atoms with Crippen molar-refractivity contribution in [3.05, 3.63) is 94.0 Å². The molecule has 0 atom stereocenters. The van der Waals surface area contributed by atoms with Crippen molar-refractivity contribution in [3.63, 3.8) is 0 Å². The van der Waals surface area contributed by atoms with E-state index in [0.29, 0.717) is 48.2 Å². The van der Waals surface area contributed by atoms with Gasteiger partial charge >= 0.3 is 189 Å². The van der Waals surface area contributed by atoms with Gasteiger partial charge < -0.3 is 0 Å². The van der Waals surface area contributed by atoms with E-state index in [-0.39, 0.29) is 11.4 Å². The van der Waals surface area contributed by atoms with Gasteiger partial charge in [0.25, 0.3) is 0 Å². The number of rotatable bonds is 4. The van der Waals surface area contributed by atoms with Crippen LogP contribution in [0.3, 0.4) is 0 Å². The molecule has 0 spiro atoms. The third-order valence-corrected chi connectivity index (χ3v) is 9.80. The summed E-state index contributed by atoms with van der Waals surface area (Å²) in [7, 11) is -3.11. The summed E-state index contributed by atoms with van der Waals surface area (Å²) in [5, 5.41) is 8.38. The first-order valence-corrected chi connectivity index (χ1v) is 13.1. The van der Waals surface area contributed by atoms with Gasteiger partial charge in [0, 0.05) is 0 Å². The van der Waals surface area contributed by atoms with Gasteiger partial charge in [0.2, 0.25) is 0 Å². The molecule has 2 aromatic heterocycles. The van der Waals surface area contributed by atoms with Crippen molar-refractivity contribution in [3.8, 4) is 0 Å². The predicted molar refractivity (Wildman–Crippen MR) is 128 cm³/mol. The molecule has 2 aromatic carbocycles. The fourth-order valence-electron chi connectivity index (χ4n) is 4.51. The Labute approximate surface area is 189 Å². The van der Waals surface area contributed by atoms with Gasteiger partial charge in [-0.3, -0.25) is 0 Å². The van der Waals surface area contributed by atoms with Gasteiger partial charge in [0.15, 0.2) is 0 Å². The van der Waals surface area contributed by atoms with Crippen LogP contribution < -0.4 is 15.8 Å². The molecule has 0 saturated carbocycles. The number of benzene rings is 2. The second-order valence-corrected chi connectivity index (χ2v) is 12.0. The van der Waals surface area contributed by atoms with E-state index < -0.39 is 19.1 Å². The Bertz CT molecular complexity index is 1390. The molecule has 1 fully saturated rings. The molecule has 1 aliphatic rings. The first kappa shape index (κ1) is 21.6. The average molecular weight is 468 g/mol. The van der Waals surface area contributed by atoms with Crippen LogP contribution in [-0.4, -0.2) is 45.5 Å². The number of H-pyrrole nitrogens is 1. The van der Waals surface area contributed by atoms with Crippen LogP contribution in [0.1, 0.15) is 11.3 Å². The van der Waals surface area contributed by atoms with E-state index >= 15 is 0 Å². The average Bonchev–Trinajstić information content (AvgIpc) is 2.83. The van der Waals surface area contributed by atoms with Crippen molar-refractivity contribution in [2.45, 2.75) is 6.42 Å². The summed E-state index contributed by atoms with van der Waals surface area (Å²) >= 11 is 0. The molecule has 0 unspecified atom stereocenters. The molecule has 4 aromatic rings. The Morgan fingerprint density at radius 2 is 1.76 bits per heavy atom. The van der Waals surface area contributed by atoms with Crippen LogP contribution >= 0.6 is 7.49 Å². The normalized spacial score (nSPS) is 16.6. The van der Waals surface area contributed by atoms with Crippen LogP contribution in [0.2, 0.25) is 0 Å². The van der Waals surface area contributed by atoms with Gasteiger partial charge in [-0.1, -0.05) is 0 Å². The maximum atomic E-state index is 14.9. The van der Waals surface area contributed by atoms with Crippen molar-refractivity contribution < 1.29 is 13.7 Å². The van der Waals surface area contributed by atoms with Crippen molar-refractivity contribution in [1.29, 1.82) is 0 Å². The summed E-state index contributed by atoms with van der Waals surface area (Å²) in [5.41, 5.74) is 1.22. The Morgan fingerprint density at radius 3 is 2.52 bits per heavy atom. The summed E-state index contributed by atoms with van der Waals surface area (Å²) in [6.45, 7) is 0.818. The molecule has 1 saturated heterocycles. The van der Waals surface area contributed by atoms with E-state index in [4.69, 9.17) is 0 Å². The number of fused-ring (bicyclic) bond motifs is 1. The topological polar surface area (TPSA) is 82.1 Å². The Kier molecular flexibility index (Phi) is 5.64. The van der Waals surface area contributed by atoms with Gasteiger partial charge in [0.1, 0.15) is 0 Å². The first-order valence-electron chi connectivity index (χ1n) is 10.8. The summed E-state index contributed by atoms with van der Waals surface area (Å²) < 4.78 is 29.0. The van der Waals surface area contributed by atoms with Crippen LogP contribution in [-0.2, 0) is 6.42 Å². The number of hydrogen-bond acceptors (Lipinski definition) is 5. The molecule has 6 nitrogen and oxygen atoms in total. The molecule has 0 bridgehead atoms. The predicted octanol–water partition coefficient (Wildman–Crippen LogP) is 2.99. The zero-order valence-electron chi connectivity index (χ0n) is 17.8. The molecule has 2 N–H and O–H groups in total. The zero-order valence-corrected chi connectivity index (χ0v) is 18.8. The second kappa shape index (κ2) is 8.61. The molecular formula is C24H23F2N4O2P. The van der Waals surface area contributed by atoms with Gasteiger partial charge in [0.05, 0.1) is 0 Å². The van der Waals surface area contributed by atoms with E-state index in [9.17, 15) is 18.5 Å². The van der Waals surface area contributed by atoms with Gasteiger partial charge in [-0.2, -0.15) is 0 Å². The summed E-state index contributed by atoms with van der Waals surface area (Å²) in [5.74, 6) is -0.568. The van der Waals surface area contributed by atoms with Crippen LogP contribution in [0.5, 0.6) is 0 Å². The van der Waals surface area contributed by atoms with E-state index in [1.807, 2.05) is 12.1 Å². The minimum atomic E-state index is -3.11. The molecular weight excluding hydrogens is 445 g/mol. The first-order chi connectivity index (χ1) is 15.9. The molecule has 33 heavy (non-hydrogen) atoms. The molecule has 170 valence electrons. The minimum absolute atomic E-state index is 0.257. The van der Waals surface area contributed by atoms with Crippen LogP contribution in [0.15, 0.2) is 65.6 Å². The second-order valence-electron chi connectivity index (χ2n) is 8.36. The standard InChI is InChI=1S/C24H23F2N4O2P/c25-19-8-7-16(14-21-17-4-1-2-5-18(17)24(31)29-28-21)15-22(19)33(32)12-10-30(11-13-33)23-20(26)6-3-9-27-23/h1-9,15,32-33H,10-14H2,(H,29,31). The van der Waals surface area contributed by atoms with E-state index in [2.05, 4.69) is 15.2 Å². The summed E-state index contributed by atoms with van der Waals surface area (Å²) in [6.07, 6.45) is 2.68. The van der Waals surface area contributed by atoms with E-state index in [1.54, 1.807) is 29.2 Å². The molecule has 0 aliphatic carbocycles. The number of aromatic amines is 1. The van der Waals surface area contributed by atoms with Gasteiger partial charge in [-0.25, -0.2) is 0 Å². The quantitative estimate of drug-likeness (QED) is 0.450. The number of nitrogens with zero attached hydrogens (tertiary/aromatic N) is 3. The van der Waals surface area contributed by atoms with Crippen LogP contribution in [0, 0.1) is 11.6 Å². The molecule has 0 amide bonds. The summed E-state index contributed by atoms with van der Waals surface area (Å²) in [4.78, 5) is 29.4. The van der Waals surface area contributed by atoms with Crippen LogP contribution in [0.25, 0.3) is 10.8 Å². The fraction of sp³-hybridized carbons (Fsp3) is 0.208. The number of nitrogens with one attached hydrogen (secondary N) is 1. The Hall–Kier alpha value is -3.22. The van der Waals surface area contributed by atoms with Crippen molar-refractivity contribution in [2.75, 3.05) is 30.3 Å². The van der Waals surface area contributed by atoms with Crippen LogP contribution in [0.4, 0.5) is 14.6 Å². The number of aromatic nitrogens is 3. The van der Waals surface area contributed by atoms with Crippen molar-refractivity contribution >= 4 is 29.4 Å². The van der Waals surface area contributed by atoms with Gasteiger partial charge in [-0.05, 0) is 0 Å². The fourth-order valence-corrected chi connectivity index (χ4v) is 7.56. The van der Waals surface area contributed by atoms with E-state index in [1.165, 1.54) is 24.4 Å². The molecule has 3 heterocycles. The number of anilines is 1. The summed E-state index contributed by atoms with van der Waals surface area (Å²) in [6, 6.07) is 14.9. The molecule has 1 aliphatic heterocycles. The number of hydrogen-bond donors (Lipinski definition) is 2. The zero-order chi connectivity index (χ0) is 23.0. The molecule has 0 radical (unpaired) electrons. The molecule has 5 rings (SSSR count). The Morgan fingerprint density at radius 1 is 1.00 bits per heavy atom. The van der Waals surface area contributed by atoms with E-state index in [0.717, 1.165) is 10.9 Å². The SMILES string of the molecule is O=c1[nH]nc(Cc2ccc(F)c([PH]3(O)CCN(c4ncccc4F)CC3)c2)c2ccccc12. The van der Waals surface area contributed by atoms with Gasteiger partial charge in [-0.15, -0.1) is 0 Å². The third-order valence-electron chi connectivity index (χ3n) is 6.31. The monoisotopic (exact) mass is 468 g/mol. The van der Waals surface area contributed by atoms with Crippen molar-refractivity contribution in [2.24, 2.45) is 0 Å². The Balaban J connectivity index is 1.41. The maximum absolute atomic E-state index is 14.9.